The fourth-order valence-corrected chi connectivity index (χ4v) is 1.06. The minimum absolute atomic E-state index is 0.000485. The Balaban J connectivity index is 3.12. The fourth-order valence-electron chi connectivity index (χ4n) is 1.06. The zero-order valence-electron chi connectivity index (χ0n) is 8.98. The van der Waals surface area contributed by atoms with Crippen LogP contribution in [-0.2, 0) is 0 Å². The molecule has 12 heavy (non-hydrogen) atoms. The Bertz CT molecular complexity index is 103. The number of hydrogen-bond acceptors (Lipinski definition) is 2. The second-order valence-electron chi connectivity index (χ2n) is 4.69. The monoisotopic (exact) mass is 172 g/mol. The summed E-state index contributed by atoms with van der Waals surface area (Å²) in [5.41, 5.74) is 5.85. The Morgan fingerprint density at radius 3 is 2.33 bits per heavy atom. The summed E-state index contributed by atoms with van der Waals surface area (Å²) < 4.78 is 0. The van der Waals surface area contributed by atoms with Crippen molar-refractivity contribution in [3.63, 3.8) is 0 Å². The summed E-state index contributed by atoms with van der Waals surface area (Å²) in [6.07, 6.45) is 2.27. The zero-order valence-corrected chi connectivity index (χ0v) is 8.98. The molecule has 2 nitrogen and oxygen atoms in total. The highest BCUT2D eigenvalue weighted by Crippen LogP contribution is 2.05. The van der Waals surface area contributed by atoms with E-state index in [1.165, 1.54) is 6.42 Å². The highest BCUT2D eigenvalue weighted by molar-refractivity contribution is 4.71. The summed E-state index contributed by atoms with van der Waals surface area (Å²) in [7, 11) is 0. The van der Waals surface area contributed by atoms with Crippen LogP contribution < -0.4 is 11.1 Å². The van der Waals surface area contributed by atoms with Gasteiger partial charge in [0.15, 0.2) is 0 Å². The third-order valence-corrected chi connectivity index (χ3v) is 1.73. The largest absolute Gasteiger partial charge is 0.326 e. The molecule has 74 valence electrons. The fraction of sp³-hybridized carbons (Fsp3) is 1.00. The maximum atomic E-state index is 5.85. The van der Waals surface area contributed by atoms with Crippen LogP contribution in [0.4, 0.5) is 0 Å². The summed E-state index contributed by atoms with van der Waals surface area (Å²) in [6.45, 7) is 10.8. The van der Waals surface area contributed by atoms with E-state index in [0.29, 0.717) is 0 Å². The molecule has 0 unspecified atom stereocenters. The molecule has 0 aliphatic heterocycles. The quantitative estimate of drug-likeness (QED) is 0.599. The van der Waals surface area contributed by atoms with Crippen molar-refractivity contribution in [2.75, 3.05) is 13.1 Å². The standard InChI is InChI=1S/C10H24N2/c1-9(2)8-12-7-5-6-10(3,4)11/h9,12H,5-8,11H2,1-4H3. The van der Waals surface area contributed by atoms with Gasteiger partial charge in [0.05, 0.1) is 0 Å². The Morgan fingerprint density at radius 1 is 1.33 bits per heavy atom. The highest BCUT2D eigenvalue weighted by atomic mass is 14.8. The van der Waals surface area contributed by atoms with E-state index in [9.17, 15) is 0 Å². The molecule has 0 aromatic rings. The summed E-state index contributed by atoms with van der Waals surface area (Å²) >= 11 is 0. The zero-order chi connectivity index (χ0) is 9.61. The van der Waals surface area contributed by atoms with Crippen molar-refractivity contribution in [2.24, 2.45) is 11.7 Å². The topological polar surface area (TPSA) is 38.0 Å². The summed E-state index contributed by atoms with van der Waals surface area (Å²) in [4.78, 5) is 0. The minimum Gasteiger partial charge on any atom is -0.326 e. The molecular weight excluding hydrogens is 148 g/mol. The van der Waals surface area contributed by atoms with Gasteiger partial charge in [-0.05, 0) is 45.7 Å². The van der Waals surface area contributed by atoms with Gasteiger partial charge in [0.2, 0.25) is 0 Å². The van der Waals surface area contributed by atoms with Crippen molar-refractivity contribution in [3.8, 4) is 0 Å². The molecule has 0 aliphatic rings. The minimum atomic E-state index is -0.000485. The molecule has 0 radical (unpaired) electrons. The molecule has 0 rings (SSSR count). The first-order valence-corrected chi connectivity index (χ1v) is 4.91. The average Bonchev–Trinajstić information content (AvgIpc) is 1.83. The maximum absolute atomic E-state index is 5.85. The molecule has 0 aromatic carbocycles. The normalized spacial score (nSPS) is 12.5. The van der Waals surface area contributed by atoms with E-state index in [-0.39, 0.29) is 5.54 Å². The van der Waals surface area contributed by atoms with Crippen LogP contribution in [0.25, 0.3) is 0 Å². The molecule has 0 aliphatic carbocycles. The van der Waals surface area contributed by atoms with E-state index in [0.717, 1.165) is 25.4 Å². The molecule has 0 bridgehead atoms. The first-order valence-electron chi connectivity index (χ1n) is 4.91. The van der Waals surface area contributed by atoms with Crippen molar-refractivity contribution >= 4 is 0 Å². The average molecular weight is 172 g/mol. The molecule has 0 saturated carbocycles. The molecule has 0 atom stereocenters. The SMILES string of the molecule is CC(C)CNCCCC(C)(C)N. The van der Waals surface area contributed by atoms with E-state index in [2.05, 4.69) is 33.0 Å². The van der Waals surface area contributed by atoms with E-state index in [4.69, 9.17) is 5.73 Å². The van der Waals surface area contributed by atoms with Gasteiger partial charge in [-0.15, -0.1) is 0 Å². The lowest BCUT2D eigenvalue weighted by atomic mass is 10.0. The van der Waals surface area contributed by atoms with Crippen molar-refractivity contribution < 1.29 is 0 Å². The van der Waals surface area contributed by atoms with E-state index < -0.39 is 0 Å². The highest BCUT2D eigenvalue weighted by Gasteiger charge is 2.08. The molecule has 3 N–H and O–H groups in total. The van der Waals surface area contributed by atoms with Gasteiger partial charge >= 0.3 is 0 Å². The smallest absolute Gasteiger partial charge is 0.00975 e. The van der Waals surface area contributed by atoms with E-state index >= 15 is 0 Å². The van der Waals surface area contributed by atoms with Crippen LogP contribution in [0.5, 0.6) is 0 Å². The molecule has 0 amide bonds. The summed E-state index contributed by atoms with van der Waals surface area (Å²) in [6, 6.07) is 0. The van der Waals surface area contributed by atoms with Gasteiger partial charge < -0.3 is 11.1 Å². The molecule has 0 spiro atoms. The summed E-state index contributed by atoms with van der Waals surface area (Å²) in [5.74, 6) is 0.746. The predicted molar refractivity (Wildman–Crippen MR) is 55.2 cm³/mol. The maximum Gasteiger partial charge on any atom is 0.00975 e. The van der Waals surface area contributed by atoms with Crippen LogP contribution in [0, 0.1) is 5.92 Å². The molecule has 0 fully saturated rings. The molecule has 0 saturated heterocycles. The lowest BCUT2D eigenvalue weighted by Gasteiger charge is -2.18. The lowest BCUT2D eigenvalue weighted by Crippen LogP contribution is -2.33. The summed E-state index contributed by atoms with van der Waals surface area (Å²) in [5, 5.41) is 3.40. The van der Waals surface area contributed by atoms with Gasteiger partial charge in [-0.2, -0.15) is 0 Å². The van der Waals surface area contributed by atoms with Crippen LogP contribution in [0.3, 0.4) is 0 Å². The van der Waals surface area contributed by atoms with Crippen molar-refractivity contribution in [2.45, 2.75) is 46.1 Å². The van der Waals surface area contributed by atoms with E-state index in [1.807, 2.05) is 0 Å². The first kappa shape index (κ1) is 11.9. The van der Waals surface area contributed by atoms with Gasteiger partial charge in [0, 0.05) is 5.54 Å². The Labute approximate surface area is 76.9 Å². The van der Waals surface area contributed by atoms with Gasteiger partial charge in [-0.25, -0.2) is 0 Å². The second kappa shape index (κ2) is 5.55. The molecular formula is C10H24N2. The molecule has 0 heterocycles. The molecule has 2 heteroatoms. The van der Waals surface area contributed by atoms with Crippen LogP contribution >= 0.6 is 0 Å². The van der Waals surface area contributed by atoms with Crippen molar-refractivity contribution in [3.05, 3.63) is 0 Å². The lowest BCUT2D eigenvalue weighted by molar-refractivity contribution is 0.441. The second-order valence-corrected chi connectivity index (χ2v) is 4.69. The van der Waals surface area contributed by atoms with Crippen LogP contribution in [0.1, 0.15) is 40.5 Å². The van der Waals surface area contributed by atoms with Crippen molar-refractivity contribution in [1.29, 1.82) is 0 Å². The number of nitrogens with two attached hydrogens (primary N) is 1. The number of hydrogen-bond donors (Lipinski definition) is 2. The number of rotatable bonds is 6. The van der Waals surface area contributed by atoms with Gasteiger partial charge in [-0.1, -0.05) is 13.8 Å². The van der Waals surface area contributed by atoms with Crippen LogP contribution in [0.15, 0.2) is 0 Å². The van der Waals surface area contributed by atoms with Gasteiger partial charge in [-0.3, -0.25) is 0 Å². The van der Waals surface area contributed by atoms with Crippen molar-refractivity contribution in [1.82, 2.24) is 5.32 Å². The van der Waals surface area contributed by atoms with Crippen LogP contribution in [0.2, 0.25) is 0 Å². The number of nitrogens with one attached hydrogen (secondary N) is 1. The third kappa shape index (κ3) is 9.92. The third-order valence-electron chi connectivity index (χ3n) is 1.73. The Kier molecular flexibility index (Phi) is 5.51. The van der Waals surface area contributed by atoms with E-state index in [1.54, 1.807) is 0 Å². The Hall–Kier alpha value is -0.0800. The molecule has 0 aromatic heterocycles. The predicted octanol–water partition coefficient (Wildman–Crippen LogP) is 1.75. The van der Waals surface area contributed by atoms with Crippen LogP contribution in [-0.4, -0.2) is 18.6 Å². The van der Waals surface area contributed by atoms with Gasteiger partial charge in [0.25, 0.3) is 0 Å². The van der Waals surface area contributed by atoms with Gasteiger partial charge in [0.1, 0.15) is 0 Å². The first-order chi connectivity index (χ1) is 5.42. The Morgan fingerprint density at radius 2 is 1.92 bits per heavy atom.